The molecule has 7 heteroatoms. The Kier molecular flexibility index (Phi) is 4.00. The number of sulfone groups is 1. The van der Waals surface area contributed by atoms with Crippen molar-refractivity contribution in [2.45, 2.75) is 19.3 Å². The van der Waals surface area contributed by atoms with Gasteiger partial charge in [0.15, 0.2) is 9.84 Å². The molecule has 0 aliphatic carbocycles. The molecule has 1 amide bonds. The zero-order valence-corrected chi connectivity index (χ0v) is 10.9. The largest absolute Gasteiger partial charge is 0.356 e. The molecule has 0 saturated carbocycles. The molecule has 1 fully saturated rings. The number of aromatic amines is 1. The highest BCUT2D eigenvalue weighted by molar-refractivity contribution is 7.91. The lowest BCUT2D eigenvalue weighted by molar-refractivity contribution is -0.124. The van der Waals surface area contributed by atoms with Gasteiger partial charge in [-0.15, -0.1) is 0 Å². The van der Waals surface area contributed by atoms with Crippen LogP contribution in [0.3, 0.4) is 0 Å². The van der Waals surface area contributed by atoms with Gasteiger partial charge in [0.2, 0.25) is 5.91 Å². The Bertz CT molecular complexity index is 496. The minimum atomic E-state index is -2.98. The van der Waals surface area contributed by atoms with E-state index in [4.69, 9.17) is 0 Å². The molecule has 0 aromatic carbocycles. The van der Waals surface area contributed by atoms with E-state index in [2.05, 4.69) is 15.3 Å². The minimum Gasteiger partial charge on any atom is -0.356 e. The summed E-state index contributed by atoms with van der Waals surface area (Å²) in [4.78, 5) is 18.8. The van der Waals surface area contributed by atoms with Crippen LogP contribution in [0.1, 0.15) is 18.7 Å². The van der Waals surface area contributed by atoms with Gasteiger partial charge in [0, 0.05) is 25.4 Å². The Labute approximate surface area is 106 Å². The van der Waals surface area contributed by atoms with Crippen molar-refractivity contribution in [3.63, 3.8) is 0 Å². The van der Waals surface area contributed by atoms with Crippen LogP contribution in [-0.2, 0) is 21.1 Å². The molecule has 0 radical (unpaired) electrons. The molecule has 100 valence electrons. The van der Waals surface area contributed by atoms with Crippen LogP contribution >= 0.6 is 0 Å². The summed E-state index contributed by atoms with van der Waals surface area (Å²) >= 11 is 0. The van der Waals surface area contributed by atoms with Crippen molar-refractivity contribution in [3.05, 3.63) is 18.2 Å². The molecule has 18 heavy (non-hydrogen) atoms. The smallest absolute Gasteiger partial charge is 0.224 e. The lowest BCUT2D eigenvalue weighted by atomic mass is 10.1. The Balaban J connectivity index is 1.66. The van der Waals surface area contributed by atoms with Crippen LogP contribution in [-0.4, -0.2) is 42.3 Å². The average Bonchev–Trinajstić information content (AvgIpc) is 2.93. The fraction of sp³-hybridized carbons (Fsp3) is 0.636. The highest BCUT2D eigenvalue weighted by Crippen LogP contribution is 2.18. The number of nitrogens with zero attached hydrogens (tertiary/aromatic N) is 1. The average molecular weight is 271 g/mol. The summed E-state index contributed by atoms with van der Waals surface area (Å²) in [6.07, 6.45) is 5.47. The summed E-state index contributed by atoms with van der Waals surface area (Å²) < 4.78 is 22.5. The highest BCUT2D eigenvalue weighted by atomic mass is 32.2. The summed E-state index contributed by atoms with van der Waals surface area (Å²) in [6, 6.07) is 0. The van der Waals surface area contributed by atoms with Gasteiger partial charge in [-0.2, -0.15) is 0 Å². The van der Waals surface area contributed by atoms with E-state index in [9.17, 15) is 13.2 Å². The number of H-pyrrole nitrogens is 1. The van der Waals surface area contributed by atoms with Crippen LogP contribution < -0.4 is 5.32 Å². The van der Waals surface area contributed by atoms with Crippen LogP contribution in [0.2, 0.25) is 0 Å². The van der Waals surface area contributed by atoms with Crippen LogP contribution in [0.5, 0.6) is 0 Å². The first-order valence-electron chi connectivity index (χ1n) is 6.03. The Morgan fingerprint density at radius 3 is 3.00 bits per heavy atom. The fourth-order valence-electron chi connectivity index (χ4n) is 2.05. The first-order valence-corrected chi connectivity index (χ1v) is 7.85. The Hall–Kier alpha value is -1.37. The third-order valence-electron chi connectivity index (χ3n) is 3.05. The monoisotopic (exact) mass is 271 g/mol. The molecule has 1 aliphatic rings. The molecule has 2 rings (SSSR count). The number of carbonyl (C=O) groups is 1. The predicted molar refractivity (Wildman–Crippen MR) is 66.7 cm³/mol. The van der Waals surface area contributed by atoms with Gasteiger partial charge in [-0.1, -0.05) is 0 Å². The lowest BCUT2D eigenvalue weighted by Crippen LogP contribution is -2.32. The molecular weight excluding hydrogens is 254 g/mol. The normalized spacial score (nSPS) is 21.9. The van der Waals surface area contributed by atoms with Crippen molar-refractivity contribution >= 4 is 15.7 Å². The highest BCUT2D eigenvalue weighted by Gasteiger charge is 2.32. The molecule has 2 N–H and O–H groups in total. The molecule has 0 bridgehead atoms. The molecule has 1 atom stereocenters. The Morgan fingerprint density at radius 2 is 2.39 bits per heavy atom. The number of rotatable bonds is 5. The van der Waals surface area contributed by atoms with E-state index >= 15 is 0 Å². The molecule has 1 saturated heterocycles. The Morgan fingerprint density at radius 1 is 1.56 bits per heavy atom. The number of aromatic nitrogens is 2. The summed E-state index contributed by atoms with van der Waals surface area (Å²) in [5, 5.41) is 2.78. The fourth-order valence-corrected chi connectivity index (χ4v) is 3.79. The maximum Gasteiger partial charge on any atom is 0.224 e. The topological polar surface area (TPSA) is 91.9 Å². The number of amides is 1. The SMILES string of the molecule is O=C(NCCCc1ncc[nH]1)C1CCS(=O)(=O)C1. The maximum absolute atomic E-state index is 11.7. The molecular formula is C11H17N3O3S. The first kappa shape index (κ1) is 13.1. The summed E-state index contributed by atoms with van der Waals surface area (Å²) in [5.74, 6) is 0.524. The minimum absolute atomic E-state index is 0.00296. The molecule has 2 heterocycles. The first-order chi connectivity index (χ1) is 8.57. The number of hydrogen-bond donors (Lipinski definition) is 2. The molecule has 1 aromatic heterocycles. The quantitative estimate of drug-likeness (QED) is 0.731. The zero-order chi connectivity index (χ0) is 13.0. The number of carbonyl (C=O) groups excluding carboxylic acids is 1. The van der Waals surface area contributed by atoms with E-state index < -0.39 is 9.84 Å². The van der Waals surface area contributed by atoms with Crippen LogP contribution in [0, 0.1) is 5.92 Å². The van der Waals surface area contributed by atoms with Gasteiger partial charge in [-0.25, -0.2) is 13.4 Å². The third kappa shape index (κ3) is 3.56. The summed E-state index contributed by atoms with van der Waals surface area (Å²) in [6.45, 7) is 0.552. The molecule has 6 nitrogen and oxygen atoms in total. The standard InChI is InChI=1S/C11H17N3O3S/c15-11(9-3-7-18(16,17)8-9)14-4-1-2-10-12-5-6-13-10/h5-6,9H,1-4,7-8H2,(H,12,13)(H,14,15). The summed E-state index contributed by atoms with van der Waals surface area (Å²) in [7, 11) is -2.98. The number of hydrogen-bond acceptors (Lipinski definition) is 4. The van der Waals surface area contributed by atoms with E-state index in [1.807, 2.05) is 0 Å². The van der Waals surface area contributed by atoms with Gasteiger partial charge in [0.25, 0.3) is 0 Å². The molecule has 0 spiro atoms. The van der Waals surface area contributed by atoms with E-state index in [-0.39, 0.29) is 23.3 Å². The molecule has 1 aromatic rings. The van der Waals surface area contributed by atoms with Crippen molar-refractivity contribution in [3.8, 4) is 0 Å². The molecule has 1 unspecified atom stereocenters. The predicted octanol–water partition coefficient (Wildman–Crippen LogP) is -0.107. The second-order valence-electron chi connectivity index (χ2n) is 4.53. The van der Waals surface area contributed by atoms with Gasteiger partial charge in [-0.05, 0) is 12.8 Å². The van der Waals surface area contributed by atoms with Crippen molar-refractivity contribution in [2.75, 3.05) is 18.1 Å². The number of imidazole rings is 1. The van der Waals surface area contributed by atoms with E-state index in [1.54, 1.807) is 12.4 Å². The molecule has 1 aliphatic heterocycles. The van der Waals surface area contributed by atoms with E-state index in [0.717, 1.165) is 18.7 Å². The third-order valence-corrected chi connectivity index (χ3v) is 4.82. The van der Waals surface area contributed by atoms with Gasteiger partial charge in [-0.3, -0.25) is 4.79 Å². The summed E-state index contributed by atoms with van der Waals surface area (Å²) in [5.41, 5.74) is 0. The van der Waals surface area contributed by atoms with Crippen molar-refractivity contribution in [2.24, 2.45) is 5.92 Å². The maximum atomic E-state index is 11.7. The second-order valence-corrected chi connectivity index (χ2v) is 6.76. The van der Waals surface area contributed by atoms with Crippen LogP contribution in [0.25, 0.3) is 0 Å². The van der Waals surface area contributed by atoms with E-state index in [0.29, 0.717) is 13.0 Å². The number of nitrogens with one attached hydrogen (secondary N) is 2. The van der Waals surface area contributed by atoms with Gasteiger partial charge >= 0.3 is 0 Å². The lowest BCUT2D eigenvalue weighted by Gasteiger charge is -2.08. The van der Waals surface area contributed by atoms with Crippen molar-refractivity contribution in [1.82, 2.24) is 15.3 Å². The van der Waals surface area contributed by atoms with Crippen LogP contribution in [0.15, 0.2) is 12.4 Å². The van der Waals surface area contributed by atoms with E-state index in [1.165, 1.54) is 0 Å². The zero-order valence-electron chi connectivity index (χ0n) is 10.1. The van der Waals surface area contributed by atoms with Gasteiger partial charge < -0.3 is 10.3 Å². The van der Waals surface area contributed by atoms with Crippen molar-refractivity contribution in [1.29, 1.82) is 0 Å². The van der Waals surface area contributed by atoms with Crippen LogP contribution in [0.4, 0.5) is 0 Å². The van der Waals surface area contributed by atoms with Gasteiger partial charge in [0.1, 0.15) is 5.82 Å². The van der Waals surface area contributed by atoms with Crippen molar-refractivity contribution < 1.29 is 13.2 Å². The number of aryl methyl sites for hydroxylation is 1. The van der Waals surface area contributed by atoms with Gasteiger partial charge in [0.05, 0.1) is 17.4 Å². The second kappa shape index (κ2) is 5.51.